The third-order valence-corrected chi connectivity index (χ3v) is 7.80. The highest BCUT2D eigenvalue weighted by Crippen LogP contribution is 2.57. The number of hydrogen-bond acceptors (Lipinski definition) is 3. The summed E-state index contributed by atoms with van der Waals surface area (Å²) >= 11 is 0. The molecular weight excluding hydrogens is 384 g/mol. The molecule has 0 radical (unpaired) electrons. The zero-order valence-electron chi connectivity index (χ0n) is 18.2. The second kappa shape index (κ2) is 7.61. The molecule has 1 fully saturated rings. The number of ether oxygens (including phenoxy) is 1. The number of hydrogen-bond donors (Lipinski definition) is 1. The molecule has 4 rings (SSSR count). The summed E-state index contributed by atoms with van der Waals surface area (Å²) in [5.41, 5.74) is 2.30. The average molecular weight is 416 g/mol. The number of piperidine rings is 1. The fourth-order valence-corrected chi connectivity index (χ4v) is 5.53. The maximum absolute atomic E-state index is 13.9. The van der Waals surface area contributed by atoms with Crippen LogP contribution in [0.4, 0.5) is 8.78 Å². The first-order valence-corrected chi connectivity index (χ1v) is 10.7. The topological polar surface area (TPSA) is 32.7 Å². The van der Waals surface area contributed by atoms with Crippen molar-refractivity contribution in [3.05, 3.63) is 64.7 Å². The van der Waals surface area contributed by atoms with Crippen molar-refractivity contribution in [3.63, 3.8) is 0 Å². The first-order valence-electron chi connectivity index (χ1n) is 10.7. The van der Waals surface area contributed by atoms with Crippen LogP contribution in [0.2, 0.25) is 0 Å². The summed E-state index contributed by atoms with van der Waals surface area (Å²) in [5.74, 6) is -0.770. The molecule has 0 saturated carbocycles. The maximum Gasteiger partial charge on any atom is 0.131 e. The molecule has 2 aromatic rings. The monoisotopic (exact) mass is 415 g/mol. The molecule has 30 heavy (non-hydrogen) atoms. The highest BCUT2D eigenvalue weighted by molar-refractivity contribution is 5.48. The fourth-order valence-electron chi connectivity index (χ4n) is 5.53. The lowest BCUT2D eigenvalue weighted by atomic mass is 9.51. The van der Waals surface area contributed by atoms with Crippen LogP contribution in [0.3, 0.4) is 0 Å². The van der Waals surface area contributed by atoms with Crippen LogP contribution < -0.4 is 0 Å². The third kappa shape index (κ3) is 3.32. The number of rotatable bonds is 5. The number of halogens is 2. The zero-order chi connectivity index (χ0) is 21.7. The Labute approximate surface area is 177 Å². The van der Waals surface area contributed by atoms with E-state index >= 15 is 0 Å². The molecule has 2 aromatic carbocycles. The van der Waals surface area contributed by atoms with Gasteiger partial charge in [0.25, 0.3) is 0 Å². The van der Waals surface area contributed by atoms with Gasteiger partial charge in [-0.3, -0.25) is 4.90 Å². The Morgan fingerprint density at radius 1 is 1.13 bits per heavy atom. The summed E-state index contributed by atoms with van der Waals surface area (Å²) < 4.78 is 33.6. The highest BCUT2D eigenvalue weighted by Gasteiger charge is 2.56. The lowest BCUT2D eigenvalue weighted by molar-refractivity contribution is -0.0655. The van der Waals surface area contributed by atoms with Crippen LogP contribution in [0.15, 0.2) is 36.4 Å². The summed E-state index contributed by atoms with van der Waals surface area (Å²) in [4.78, 5) is 2.43. The van der Waals surface area contributed by atoms with Crippen molar-refractivity contribution in [2.45, 2.75) is 64.7 Å². The van der Waals surface area contributed by atoms with Gasteiger partial charge in [0.1, 0.15) is 17.4 Å². The first-order chi connectivity index (χ1) is 14.1. The number of aromatic hydroxyl groups is 1. The Balaban J connectivity index is 1.51. The summed E-state index contributed by atoms with van der Waals surface area (Å²) in [6.45, 7) is 10.4. The van der Waals surface area contributed by atoms with Gasteiger partial charge < -0.3 is 9.84 Å². The van der Waals surface area contributed by atoms with Crippen LogP contribution in [-0.2, 0) is 23.2 Å². The van der Waals surface area contributed by atoms with Crippen LogP contribution in [0, 0.1) is 17.0 Å². The quantitative estimate of drug-likeness (QED) is 0.730. The predicted molar refractivity (Wildman–Crippen MR) is 114 cm³/mol. The third-order valence-electron chi connectivity index (χ3n) is 7.80. The minimum atomic E-state index is -0.573. The molecule has 1 saturated heterocycles. The Hall–Kier alpha value is -1.98. The van der Waals surface area contributed by atoms with E-state index in [4.69, 9.17) is 4.74 Å². The molecule has 162 valence electrons. The molecule has 2 bridgehead atoms. The van der Waals surface area contributed by atoms with E-state index in [0.717, 1.165) is 24.9 Å². The van der Waals surface area contributed by atoms with Gasteiger partial charge in [0, 0.05) is 23.6 Å². The number of likely N-dealkylation sites (tertiary alicyclic amines) is 1. The maximum atomic E-state index is 13.9. The van der Waals surface area contributed by atoms with Crippen molar-refractivity contribution in [3.8, 4) is 5.75 Å². The van der Waals surface area contributed by atoms with E-state index in [1.54, 1.807) is 6.07 Å². The van der Waals surface area contributed by atoms with Crippen LogP contribution in [0.25, 0.3) is 0 Å². The van der Waals surface area contributed by atoms with Gasteiger partial charge >= 0.3 is 0 Å². The van der Waals surface area contributed by atoms with E-state index in [9.17, 15) is 13.9 Å². The van der Waals surface area contributed by atoms with Crippen molar-refractivity contribution < 1.29 is 18.6 Å². The smallest absolute Gasteiger partial charge is 0.131 e. The number of phenolic OH excluding ortho intramolecular Hbond substituents is 1. The van der Waals surface area contributed by atoms with E-state index in [0.29, 0.717) is 12.3 Å². The molecule has 1 aliphatic heterocycles. The number of phenols is 1. The molecule has 0 spiro atoms. The fraction of sp³-hybridized carbons (Fsp3) is 0.520. The van der Waals surface area contributed by atoms with Gasteiger partial charge in [-0.25, -0.2) is 8.78 Å². The minimum absolute atomic E-state index is 0.0130. The van der Waals surface area contributed by atoms with Crippen LogP contribution in [0.5, 0.6) is 5.75 Å². The predicted octanol–water partition coefficient (Wildman–Crippen LogP) is 5.19. The van der Waals surface area contributed by atoms with Crippen molar-refractivity contribution >= 4 is 0 Å². The molecule has 3 nitrogen and oxygen atoms in total. The molecule has 0 unspecified atom stereocenters. The molecule has 2 aliphatic rings. The molecular formula is C25H31F2NO2. The molecule has 1 aliphatic carbocycles. The normalized spacial score (nSPS) is 26.3. The molecule has 1 heterocycles. The highest BCUT2D eigenvalue weighted by atomic mass is 19.1. The van der Waals surface area contributed by atoms with Gasteiger partial charge in [-0.2, -0.15) is 0 Å². The summed E-state index contributed by atoms with van der Waals surface area (Å²) in [5, 5.41) is 10.5. The summed E-state index contributed by atoms with van der Waals surface area (Å²) in [7, 11) is 0. The number of fused-ring (bicyclic) bond motifs is 4. The van der Waals surface area contributed by atoms with Crippen LogP contribution in [-0.4, -0.2) is 35.2 Å². The van der Waals surface area contributed by atoms with E-state index in [-0.39, 0.29) is 35.1 Å². The summed E-state index contributed by atoms with van der Waals surface area (Å²) in [6, 6.07) is 10.0. The number of nitrogens with zero attached hydrogens (tertiary/aromatic N) is 1. The second-order valence-electron chi connectivity index (χ2n) is 9.64. The lowest BCUT2D eigenvalue weighted by Crippen LogP contribution is -2.64. The second-order valence-corrected chi connectivity index (χ2v) is 9.64. The SMILES string of the molecule is C[C@H](CN1CC[C@]2(C)c3cccc(O)c3C[C@@H]1C2(C)C)OCc1c(F)cccc1F. The Kier molecular flexibility index (Phi) is 5.39. The molecule has 0 aromatic heterocycles. The number of benzene rings is 2. The lowest BCUT2D eigenvalue weighted by Gasteiger charge is -2.61. The van der Waals surface area contributed by atoms with Crippen molar-refractivity contribution in [1.82, 2.24) is 4.90 Å². The van der Waals surface area contributed by atoms with Crippen molar-refractivity contribution in [2.75, 3.05) is 13.1 Å². The molecule has 0 amide bonds. The first kappa shape index (κ1) is 21.3. The van der Waals surface area contributed by atoms with E-state index in [1.165, 1.54) is 23.8 Å². The Morgan fingerprint density at radius 2 is 1.80 bits per heavy atom. The van der Waals surface area contributed by atoms with Gasteiger partial charge in [0.2, 0.25) is 0 Å². The standard InChI is InChI=1S/C25H31F2NO2/c1-16(30-15-18-20(26)8-6-9-21(18)27)14-28-12-11-25(4)19-7-5-10-22(29)17(19)13-23(28)24(25,2)3/h5-10,16,23,29H,11-15H2,1-4H3/t16-,23-,25-/m1/s1. The van der Waals surface area contributed by atoms with Gasteiger partial charge in [-0.15, -0.1) is 0 Å². The molecule has 3 atom stereocenters. The van der Waals surface area contributed by atoms with E-state index in [2.05, 4.69) is 31.7 Å². The van der Waals surface area contributed by atoms with Crippen molar-refractivity contribution in [1.29, 1.82) is 0 Å². The van der Waals surface area contributed by atoms with Gasteiger partial charge in [0.05, 0.1) is 12.7 Å². The van der Waals surface area contributed by atoms with Crippen LogP contribution >= 0.6 is 0 Å². The molecule has 1 N–H and O–H groups in total. The summed E-state index contributed by atoms with van der Waals surface area (Å²) in [6.07, 6.45) is 1.61. The van der Waals surface area contributed by atoms with Crippen molar-refractivity contribution in [2.24, 2.45) is 5.41 Å². The zero-order valence-corrected chi connectivity index (χ0v) is 18.2. The largest absolute Gasteiger partial charge is 0.508 e. The Bertz CT molecular complexity index is 924. The molecule has 5 heteroatoms. The Morgan fingerprint density at radius 3 is 2.50 bits per heavy atom. The minimum Gasteiger partial charge on any atom is -0.508 e. The van der Waals surface area contributed by atoms with E-state index < -0.39 is 11.6 Å². The van der Waals surface area contributed by atoms with Gasteiger partial charge in [-0.05, 0) is 61.1 Å². The van der Waals surface area contributed by atoms with Gasteiger partial charge in [0.15, 0.2) is 0 Å². The van der Waals surface area contributed by atoms with Crippen LogP contribution in [0.1, 0.15) is 50.8 Å². The van der Waals surface area contributed by atoms with E-state index in [1.807, 2.05) is 13.0 Å². The van der Waals surface area contributed by atoms with Gasteiger partial charge in [-0.1, -0.05) is 39.0 Å². The average Bonchev–Trinajstić information content (AvgIpc) is 2.67.